The molecule has 6 heteroatoms. The molecule has 2 N–H and O–H groups in total. The van der Waals surface area contributed by atoms with E-state index in [1.165, 1.54) is 0 Å². The van der Waals surface area contributed by atoms with E-state index in [9.17, 15) is 0 Å². The number of benzene rings is 2. The van der Waals surface area contributed by atoms with Gasteiger partial charge < -0.3 is 15.0 Å². The maximum atomic E-state index is 5.71. The molecule has 0 aliphatic carbocycles. The first-order valence-electron chi connectivity index (χ1n) is 8.01. The van der Waals surface area contributed by atoms with Gasteiger partial charge >= 0.3 is 0 Å². The Morgan fingerprint density at radius 1 is 1.08 bits per heavy atom. The molecule has 3 aromatic rings. The Morgan fingerprint density at radius 2 is 1.84 bits per heavy atom. The van der Waals surface area contributed by atoms with E-state index in [4.69, 9.17) is 15.0 Å². The SMILES string of the molecule is CC(C)Oc1cccc(Cc2nc(-c3ccc(CN)cc3)no2)c1.Cl. The van der Waals surface area contributed by atoms with E-state index in [1.54, 1.807) is 0 Å². The lowest BCUT2D eigenvalue weighted by Crippen LogP contribution is -2.05. The van der Waals surface area contributed by atoms with Crippen molar-refractivity contribution in [2.24, 2.45) is 5.73 Å². The molecule has 0 aliphatic rings. The topological polar surface area (TPSA) is 74.2 Å². The first kappa shape index (κ1) is 19.0. The summed E-state index contributed by atoms with van der Waals surface area (Å²) < 4.78 is 11.1. The highest BCUT2D eigenvalue weighted by molar-refractivity contribution is 5.85. The predicted octanol–water partition coefficient (Wildman–Crippen LogP) is 4.00. The summed E-state index contributed by atoms with van der Waals surface area (Å²) >= 11 is 0. The number of aromatic nitrogens is 2. The van der Waals surface area contributed by atoms with Gasteiger partial charge in [-0.3, -0.25) is 0 Å². The number of rotatable bonds is 6. The second kappa shape index (κ2) is 8.65. The summed E-state index contributed by atoms with van der Waals surface area (Å²) in [5, 5.41) is 4.06. The Hall–Kier alpha value is -2.37. The molecule has 0 radical (unpaired) electrons. The van der Waals surface area contributed by atoms with Crippen molar-refractivity contribution < 1.29 is 9.26 Å². The summed E-state index contributed by atoms with van der Waals surface area (Å²) in [5.74, 6) is 2.01. The highest BCUT2D eigenvalue weighted by Gasteiger charge is 2.10. The van der Waals surface area contributed by atoms with E-state index in [2.05, 4.69) is 10.1 Å². The van der Waals surface area contributed by atoms with Crippen LogP contribution in [-0.2, 0) is 13.0 Å². The van der Waals surface area contributed by atoms with Crippen LogP contribution in [-0.4, -0.2) is 16.2 Å². The molecule has 1 heterocycles. The number of halogens is 1. The van der Waals surface area contributed by atoms with Crippen molar-refractivity contribution in [1.82, 2.24) is 10.1 Å². The Kier molecular flexibility index (Phi) is 6.56. The average molecular weight is 360 g/mol. The maximum Gasteiger partial charge on any atom is 0.231 e. The van der Waals surface area contributed by atoms with Gasteiger partial charge in [0.2, 0.25) is 11.7 Å². The number of ether oxygens (including phenoxy) is 1. The molecule has 0 unspecified atom stereocenters. The summed E-state index contributed by atoms with van der Waals surface area (Å²) in [6, 6.07) is 15.8. The van der Waals surface area contributed by atoms with E-state index in [-0.39, 0.29) is 18.5 Å². The molecule has 0 fully saturated rings. The molecule has 5 nitrogen and oxygen atoms in total. The fourth-order valence-electron chi connectivity index (χ4n) is 2.41. The highest BCUT2D eigenvalue weighted by Crippen LogP contribution is 2.20. The fraction of sp³-hybridized carbons (Fsp3) is 0.263. The van der Waals surface area contributed by atoms with Crippen LogP contribution in [0.3, 0.4) is 0 Å². The van der Waals surface area contributed by atoms with Crippen molar-refractivity contribution in [1.29, 1.82) is 0 Å². The van der Waals surface area contributed by atoms with E-state index >= 15 is 0 Å². The van der Waals surface area contributed by atoms with Crippen molar-refractivity contribution in [2.75, 3.05) is 0 Å². The van der Waals surface area contributed by atoms with Crippen LogP contribution < -0.4 is 10.5 Å². The van der Waals surface area contributed by atoms with Gasteiger partial charge in [0.15, 0.2) is 0 Å². The maximum absolute atomic E-state index is 5.71. The van der Waals surface area contributed by atoms with E-state index < -0.39 is 0 Å². The second-order valence-corrected chi connectivity index (χ2v) is 5.90. The second-order valence-electron chi connectivity index (χ2n) is 5.90. The quantitative estimate of drug-likeness (QED) is 0.720. The first-order valence-corrected chi connectivity index (χ1v) is 8.01. The van der Waals surface area contributed by atoms with Gasteiger partial charge in [-0.25, -0.2) is 0 Å². The average Bonchev–Trinajstić information content (AvgIpc) is 3.03. The zero-order valence-electron chi connectivity index (χ0n) is 14.3. The van der Waals surface area contributed by atoms with Crippen LogP contribution in [0, 0.1) is 0 Å². The predicted molar refractivity (Wildman–Crippen MR) is 99.9 cm³/mol. The minimum Gasteiger partial charge on any atom is -0.491 e. The number of hydrogen-bond donors (Lipinski definition) is 1. The first-order chi connectivity index (χ1) is 11.6. The molecule has 0 saturated carbocycles. The van der Waals surface area contributed by atoms with Crippen LogP contribution in [0.2, 0.25) is 0 Å². The summed E-state index contributed by atoms with van der Waals surface area (Å²) in [4.78, 5) is 4.47. The van der Waals surface area contributed by atoms with Gasteiger partial charge in [0.05, 0.1) is 12.5 Å². The molecule has 3 rings (SSSR count). The van der Waals surface area contributed by atoms with Crippen molar-refractivity contribution in [3.63, 3.8) is 0 Å². The highest BCUT2D eigenvalue weighted by atomic mass is 35.5. The molecule has 0 spiro atoms. The summed E-state index contributed by atoms with van der Waals surface area (Å²) in [6.07, 6.45) is 0.718. The Morgan fingerprint density at radius 3 is 2.52 bits per heavy atom. The van der Waals surface area contributed by atoms with Crippen LogP contribution in [0.1, 0.15) is 30.9 Å². The third-order valence-corrected chi connectivity index (χ3v) is 3.54. The molecule has 2 aromatic carbocycles. The van der Waals surface area contributed by atoms with Crippen LogP contribution >= 0.6 is 12.4 Å². The minimum atomic E-state index is 0. The molecule has 0 amide bonds. The zero-order chi connectivity index (χ0) is 16.9. The summed E-state index contributed by atoms with van der Waals surface area (Å²) in [5.41, 5.74) is 8.67. The van der Waals surface area contributed by atoms with Crippen LogP contribution in [0.15, 0.2) is 53.1 Å². The van der Waals surface area contributed by atoms with Gasteiger partial charge in [0.1, 0.15) is 5.75 Å². The van der Waals surface area contributed by atoms with Crippen LogP contribution in [0.5, 0.6) is 5.75 Å². The number of hydrogen-bond acceptors (Lipinski definition) is 5. The lowest BCUT2D eigenvalue weighted by atomic mass is 10.1. The largest absolute Gasteiger partial charge is 0.491 e. The van der Waals surface area contributed by atoms with Gasteiger partial charge in [-0.2, -0.15) is 4.98 Å². The molecule has 0 bridgehead atoms. The Balaban J connectivity index is 0.00000225. The normalized spacial score (nSPS) is 10.6. The lowest BCUT2D eigenvalue weighted by Gasteiger charge is -2.10. The molecule has 0 saturated heterocycles. The molecule has 25 heavy (non-hydrogen) atoms. The number of nitrogens with two attached hydrogens (primary N) is 1. The van der Waals surface area contributed by atoms with Crippen molar-refractivity contribution in [3.05, 3.63) is 65.5 Å². The van der Waals surface area contributed by atoms with Crippen LogP contribution in [0.4, 0.5) is 0 Å². The van der Waals surface area contributed by atoms with E-state index in [1.807, 2.05) is 62.4 Å². The fourth-order valence-corrected chi connectivity index (χ4v) is 2.41. The van der Waals surface area contributed by atoms with Crippen molar-refractivity contribution in [2.45, 2.75) is 32.9 Å². The van der Waals surface area contributed by atoms with Gasteiger partial charge in [-0.1, -0.05) is 41.6 Å². The third kappa shape index (κ3) is 5.05. The molecule has 132 valence electrons. The minimum absolute atomic E-state index is 0. The Bertz CT molecular complexity index is 800. The number of nitrogens with zero attached hydrogens (tertiary/aromatic N) is 2. The molecule has 1 aromatic heterocycles. The summed E-state index contributed by atoms with van der Waals surface area (Å²) in [6.45, 7) is 4.53. The van der Waals surface area contributed by atoms with Crippen LogP contribution in [0.25, 0.3) is 11.4 Å². The lowest BCUT2D eigenvalue weighted by molar-refractivity contribution is 0.242. The van der Waals surface area contributed by atoms with Crippen molar-refractivity contribution in [3.8, 4) is 17.1 Å². The van der Waals surface area contributed by atoms with E-state index in [0.717, 1.165) is 22.4 Å². The van der Waals surface area contributed by atoms with Crippen molar-refractivity contribution >= 4 is 12.4 Å². The molecular formula is C19H22ClN3O2. The van der Waals surface area contributed by atoms with Gasteiger partial charge in [0, 0.05) is 12.1 Å². The third-order valence-electron chi connectivity index (χ3n) is 3.54. The smallest absolute Gasteiger partial charge is 0.231 e. The van der Waals surface area contributed by atoms with E-state index in [0.29, 0.717) is 24.7 Å². The van der Waals surface area contributed by atoms with Gasteiger partial charge in [-0.05, 0) is 37.1 Å². The zero-order valence-corrected chi connectivity index (χ0v) is 15.1. The van der Waals surface area contributed by atoms with Gasteiger partial charge in [-0.15, -0.1) is 12.4 Å². The monoisotopic (exact) mass is 359 g/mol. The van der Waals surface area contributed by atoms with Gasteiger partial charge in [0.25, 0.3) is 0 Å². The Labute approximate surface area is 153 Å². The molecule has 0 atom stereocenters. The molecule has 0 aliphatic heterocycles. The molecular weight excluding hydrogens is 338 g/mol. The standard InChI is InChI=1S/C19H21N3O2.ClH/c1-13(2)23-17-5-3-4-15(10-17)11-18-21-19(22-24-18)16-8-6-14(12-20)7-9-16;/h3-10,13H,11-12,20H2,1-2H3;1H. The summed E-state index contributed by atoms with van der Waals surface area (Å²) in [7, 11) is 0.